The van der Waals surface area contributed by atoms with Gasteiger partial charge in [-0.2, -0.15) is 11.3 Å². The molecule has 0 spiro atoms. The minimum Gasteiger partial charge on any atom is -0.493 e. The van der Waals surface area contributed by atoms with Gasteiger partial charge in [0.05, 0.1) is 6.61 Å². The van der Waals surface area contributed by atoms with Crippen molar-refractivity contribution < 1.29 is 4.74 Å². The summed E-state index contributed by atoms with van der Waals surface area (Å²) >= 11 is 1.73. The molecule has 3 heteroatoms. The van der Waals surface area contributed by atoms with E-state index in [0.717, 1.165) is 25.0 Å². The molecule has 1 aromatic heterocycles. The smallest absolute Gasteiger partial charge is 0.122 e. The number of benzene rings is 1. The summed E-state index contributed by atoms with van der Waals surface area (Å²) in [6.45, 7) is 4.95. The van der Waals surface area contributed by atoms with Gasteiger partial charge in [-0.3, -0.25) is 0 Å². The highest BCUT2D eigenvalue weighted by atomic mass is 32.1. The Morgan fingerprint density at radius 1 is 1.30 bits per heavy atom. The highest BCUT2D eigenvalue weighted by Gasteiger charge is 2.08. The fourth-order valence-corrected chi connectivity index (χ4v) is 2.85. The van der Waals surface area contributed by atoms with E-state index < -0.39 is 0 Å². The van der Waals surface area contributed by atoms with Crippen LogP contribution in [0.4, 0.5) is 0 Å². The molecular weight excluding hydrogens is 266 g/mol. The van der Waals surface area contributed by atoms with Crippen LogP contribution in [-0.4, -0.2) is 12.6 Å². The molecule has 0 saturated carbocycles. The van der Waals surface area contributed by atoms with Crippen LogP contribution in [0.1, 0.15) is 30.0 Å². The van der Waals surface area contributed by atoms with Gasteiger partial charge in [0.25, 0.3) is 0 Å². The molecule has 2 rings (SSSR count). The van der Waals surface area contributed by atoms with E-state index in [1.807, 2.05) is 0 Å². The van der Waals surface area contributed by atoms with E-state index in [-0.39, 0.29) is 6.04 Å². The van der Waals surface area contributed by atoms with Gasteiger partial charge in [-0.05, 0) is 53.8 Å². The van der Waals surface area contributed by atoms with Crippen LogP contribution in [0.15, 0.2) is 35.0 Å². The monoisotopic (exact) mass is 289 g/mol. The van der Waals surface area contributed by atoms with Crippen molar-refractivity contribution in [3.63, 3.8) is 0 Å². The average molecular weight is 289 g/mol. The lowest BCUT2D eigenvalue weighted by Gasteiger charge is -2.15. The maximum absolute atomic E-state index is 6.08. The molecule has 2 nitrogen and oxygen atoms in total. The Kier molecular flexibility index (Phi) is 5.62. The molecule has 0 aliphatic rings. The predicted octanol–water partition coefficient (Wildman–Crippen LogP) is 3.96. The molecule has 0 bridgehead atoms. The number of nitrogens with two attached hydrogens (primary N) is 1. The largest absolute Gasteiger partial charge is 0.493 e. The maximum Gasteiger partial charge on any atom is 0.122 e. The fourth-order valence-electron chi connectivity index (χ4n) is 2.15. The summed E-state index contributed by atoms with van der Waals surface area (Å²) in [5.41, 5.74) is 9.90. The van der Waals surface area contributed by atoms with Crippen molar-refractivity contribution in [1.29, 1.82) is 0 Å². The number of rotatable bonds is 7. The minimum atomic E-state index is 0.205. The molecule has 0 aliphatic carbocycles. The quantitative estimate of drug-likeness (QED) is 0.837. The van der Waals surface area contributed by atoms with Gasteiger partial charge in [-0.15, -0.1) is 0 Å². The number of thiophene rings is 1. The second kappa shape index (κ2) is 7.46. The van der Waals surface area contributed by atoms with E-state index in [2.05, 4.69) is 48.9 Å². The molecular formula is C17H23NOS. The van der Waals surface area contributed by atoms with Gasteiger partial charge in [0.2, 0.25) is 0 Å². The van der Waals surface area contributed by atoms with E-state index in [9.17, 15) is 0 Å². The van der Waals surface area contributed by atoms with E-state index in [1.165, 1.54) is 16.7 Å². The average Bonchev–Trinajstić information content (AvgIpc) is 2.94. The first-order valence-corrected chi connectivity index (χ1v) is 8.12. The number of ether oxygens (including phenoxy) is 1. The van der Waals surface area contributed by atoms with Crippen molar-refractivity contribution in [3.05, 3.63) is 51.7 Å². The zero-order valence-electron chi connectivity index (χ0n) is 12.3. The van der Waals surface area contributed by atoms with E-state index in [1.54, 1.807) is 11.3 Å². The summed E-state index contributed by atoms with van der Waals surface area (Å²) in [6.07, 6.45) is 2.82. The van der Waals surface area contributed by atoms with E-state index >= 15 is 0 Å². The summed E-state index contributed by atoms with van der Waals surface area (Å²) in [6, 6.07) is 8.71. The number of hydrogen-bond acceptors (Lipinski definition) is 3. The first-order chi connectivity index (χ1) is 9.69. The third-order valence-electron chi connectivity index (χ3n) is 3.45. The molecule has 1 atom stereocenters. The third-order valence-corrected chi connectivity index (χ3v) is 4.18. The number of hydrogen-bond donors (Lipinski definition) is 1. The molecule has 0 fully saturated rings. The standard InChI is InChI=1S/C17H23NOS/c1-3-16(18)11-15-10-13(2)4-5-17(15)19-8-6-14-7-9-20-12-14/h4-5,7,9-10,12,16H,3,6,8,11,18H2,1-2H3. The Labute approximate surface area is 125 Å². The lowest BCUT2D eigenvalue weighted by molar-refractivity contribution is 0.318. The summed E-state index contributed by atoms with van der Waals surface area (Å²) in [7, 11) is 0. The minimum absolute atomic E-state index is 0.205. The van der Waals surface area contributed by atoms with Crippen LogP contribution in [0, 0.1) is 6.92 Å². The Bertz CT molecular complexity index is 522. The second-order valence-corrected chi connectivity index (χ2v) is 5.99. The molecule has 1 aromatic carbocycles. The van der Waals surface area contributed by atoms with Crippen molar-refractivity contribution >= 4 is 11.3 Å². The molecule has 0 saturated heterocycles. The SMILES string of the molecule is CCC(N)Cc1cc(C)ccc1OCCc1ccsc1. The van der Waals surface area contributed by atoms with Crippen molar-refractivity contribution in [2.24, 2.45) is 5.73 Å². The second-order valence-electron chi connectivity index (χ2n) is 5.21. The van der Waals surface area contributed by atoms with Gasteiger partial charge in [-0.25, -0.2) is 0 Å². The van der Waals surface area contributed by atoms with Gasteiger partial charge in [0, 0.05) is 12.5 Å². The van der Waals surface area contributed by atoms with Crippen LogP contribution in [0.5, 0.6) is 5.75 Å². The molecule has 0 radical (unpaired) electrons. The van der Waals surface area contributed by atoms with E-state index in [4.69, 9.17) is 10.5 Å². The van der Waals surface area contributed by atoms with Gasteiger partial charge in [-0.1, -0.05) is 24.6 Å². The molecule has 0 aliphatic heterocycles. The van der Waals surface area contributed by atoms with Crippen molar-refractivity contribution in [2.75, 3.05) is 6.61 Å². The van der Waals surface area contributed by atoms with Gasteiger partial charge >= 0.3 is 0 Å². The Hall–Kier alpha value is -1.32. The van der Waals surface area contributed by atoms with Gasteiger partial charge in [0.15, 0.2) is 0 Å². The zero-order valence-corrected chi connectivity index (χ0v) is 13.1. The summed E-state index contributed by atoms with van der Waals surface area (Å²) in [5.74, 6) is 0.981. The maximum atomic E-state index is 6.08. The lowest BCUT2D eigenvalue weighted by atomic mass is 10.0. The molecule has 108 valence electrons. The third kappa shape index (κ3) is 4.36. The van der Waals surface area contributed by atoms with Crippen LogP contribution >= 0.6 is 11.3 Å². The van der Waals surface area contributed by atoms with Crippen LogP contribution in [0.2, 0.25) is 0 Å². The molecule has 1 heterocycles. The van der Waals surface area contributed by atoms with Crippen molar-refractivity contribution in [3.8, 4) is 5.75 Å². The number of aryl methyl sites for hydroxylation is 1. The van der Waals surface area contributed by atoms with E-state index in [0.29, 0.717) is 6.61 Å². The first kappa shape index (κ1) is 15.1. The highest BCUT2D eigenvalue weighted by molar-refractivity contribution is 7.07. The van der Waals surface area contributed by atoms with Crippen LogP contribution in [0.25, 0.3) is 0 Å². The molecule has 20 heavy (non-hydrogen) atoms. The fraction of sp³-hybridized carbons (Fsp3) is 0.412. The van der Waals surface area contributed by atoms with Crippen LogP contribution < -0.4 is 10.5 Å². The summed E-state index contributed by atoms with van der Waals surface area (Å²) < 4.78 is 5.96. The summed E-state index contributed by atoms with van der Waals surface area (Å²) in [5, 5.41) is 4.28. The van der Waals surface area contributed by atoms with Crippen LogP contribution in [-0.2, 0) is 12.8 Å². The summed E-state index contributed by atoms with van der Waals surface area (Å²) in [4.78, 5) is 0. The van der Waals surface area contributed by atoms with Crippen molar-refractivity contribution in [2.45, 2.75) is 39.2 Å². The molecule has 2 aromatic rings. The zero-order chi connectivity index (χ0) is 14.4. The molecule has 2 N–H and O–H groups in total. The Balaban J connectivity index is 1.98. The lowest BCUT2D eigenvalue weighted by Crippen LogP contribution is -2.22. The Morgan fingerprint density at radius 3 is 2.85 bits per heavy atom. The van der Waals surface area contributed by atoms with Crippen LogP contribution in [0.3, 0.4) is 0 Å². The Morgan fingerprint density at radius 2 is 2.15 bits per heavy atom. The highest BCUT2D eigenvalue weighted by Crippen LogP contribution is 2.22. The molecule has 1 unspecified atom stereocenters. The topological polar surface area (TPSA) is 35.2 Å². The first-order valence-electron chi connectivity index (χ1n) is 7.18. The van der Waals surface area contributed by atoms with Gasteiger partial charge < -0.3 is 10.5 Å². The predicted molar refractivity (Wildman–Crippen MR) is 86.7 cm³/mol. The normalized spacial score (nSPS) is 12.3. The van der Waals surface area contributed by atoms with Crippen molar-refractivity contribution in [1.82, 2.24) is 0 Å². The van der Waals surface area contributed by atoms with Gasteiger partial charge in [0.1, 0.15) is 5.75 Å². The molecule has 0 amide bonds.